The van der Waals surface area contributed by atoms with E-state index in [2.05, 4.69) is 4.98 Å². The van der Waals surface area contributed by atoms with Gasteiger partial charge in [-0.2, -0.15) is 0 Å². The van der Waals surface area contributed by atoms with Gasteiger partial charge in [0, 0.05) is 6.20 Å². The third-order valence-corrected chi connectivity index (χ3v) is 3.19. The molecule has 0 unspecified atom stereocenters. The molecule has 3 rings (SSSR count). The molecular weight excluding hydrogens is 256 g/mol. The van der Waals surface area contributed by atoms with Crippen LogP contribution in [-0.4, -0.2) is 22.5 Å². The molecular formula is C15H12N2O3. The van der Waals surface area contributed by atoms with Gasteiger partial charge in [-0.1, -0.05) is 12.1 Å². The van der Waals surface area contributed by atoms with E-state index in [1.54, 1.807) is 30.5 Å². The quantitative estimate of drug-likeness (QED) is 0.500. The van der Waals surface area contributed by atoms with E-state index in [4.69, 9.17) is 4.74 Å². The molecule has 3 aromatic rings. The lowest BCUT2D eigenvalue weighted by Crippen LogP contribution is -2.18. The third kappa shape index (κ3) is 1.75. The van der Waals surface area contributed by atoms with Gasteiger partial charge in [0.1, 0.15) is 5.65 Å². The van der Waals surface area contributed by atoms with Crippen molar-refractivity contribution in [3.05, 3.63) is 58.0 Å². The number of benzene rings is 1. The van der Waals surface area contributed by atoms with E-state index in [1.165, 1.54) is 11.5 Å². The number of rotatable bonds is 1. The number of carbonyl (C=O) groups is 1. The molecule has 0 aliphatic rings. The van der Waals surface area contributed by atoms with E-state index in [0.717, 1.165) is 5.56 Å². The van der Waals surface area contributed by atoms with E-state index in [9.17, 15) is 9.59 Å². The Bertz CT molecular complexity index is 897. The number of nitrogens with zero attached hydrogens (tertiary/aromatic N) is 2. The van der Waals surface area contributed by atoms with Gasteiger partial charge < -0.3 is 4.74 Å². The number of aryl methyl sites for hydroxylation is 1. The van der Waals surface area contributed by atoms with Crippen LogP contribution in [0.3, 0.4) is 0 Å². The standard InChI is InChI=1S/C15H12N2O3/c1-9-6-7-12-16-11-5-3-4-10(15(19)20-2)13(11)14(18)17(12)8-9/h3-8H,1-2H3. The number of ether oxygens (including phenoxy) is 1. The molecule has 5 heteroatoms. The summed E-state index contributed by atoms with van der Waals surface area (Å²) >= 11 is 0. The van der Waals surface area contributed by atoms with Crippen LogP contribution < -0.4 is 5.56 Å². The second kappa shape index (κ2) is 4.45. The van der Waals surface area contributed by atoms with Crippen molar-refractivity contribution in [2.24, 2.45) is 0 Å². The van der Waals surface area contributed by atoms with Crippen molar-refractivity contribution in [1.82, 2.24) is 9.38 Å². The predicted molar refractivity (Wildman–Crippen MR) is 75.0 cm³/mol. The molecule has 2 heterocycles. The molecule has 1 aromatic carbocycles. The van der Waals surface area contributed by atoms with Crippen molar-refractivity contribution in [2.45, 2.75) is 6.92 Å². The van der Waals surface area contributed by atoms with Gasteiger partial charge >= 0.3 is 5.97 Å². The second-order valence-electron chi connectivity index (χ2n) is 4.54. The van der Waals surface area contributed by atoms with E-state index >= 15 is 0 Å². The Morgan fingerprint density at radius 3 is 2.80 bits per heavy atom. The van der Waals surface area contributed by atoms with Crippen LogP contribution in [0.15, 0.2) is 41.3 Å². The van der Waals surface area contributed by atoms with Gasteiger partial charge in [0.2, 0.25) is 0 Å². The molecule has 2 aromatic heterocycles. The lowest BCUT2D eigenvalue weighted by molar-refractivity contribution is 0.0603. The smallest absolute Gasteiger partial charge is 0.338 e. The Morgan fingerprint density at radius 2 is 2.05 bits per heavy atom. The van der Waals surface area contributed by atoms with E-state index in [1.807, 2.05) is 13.0 Å². The van der Waals surface area contributed by atoms with Crippen LogP contribution in [0.5, 0.6) is 0 Å². The third-order valence-electron chi connectivity index (χ3n) is 3.19. The number of carbonyl (C=O) groups excluding carboxylic acids is 1. The molecule has 0 saturated carbocycles. The zero-order valence-corrected chi connectivity index (χ0v) is 11.1. The lowest BCUT2D eigenvalue weighted by Gasteiger charge is -2.07. The monoisotopic (exact) mass is 268 g/mol. The van der Waals surface area contributed by atoms with Crippen LogP contribution in [0.4, 0.5) is 0 Å². The lowest BCUT2D eigenvalue weighted by atomic mass is 10.1. The van der Waals surface area contributed by atoms with Crippen molar-refractivity contribution in [3.8, 4) is 0 Å². The molecule has 0 aliphatic carbocycles. The summed E-state index contributed by atoms with van der Waals surface area (Å²) in [5.74, 6) is -0.540. The Labute approximate surface area is 114 Å². The normalized spacial score (nSPS) is 10.9. The van der Waals surface area contributed by atoms with Gasteiger partial charge in [-0.25, -0.2) is 9.78 Å². The summed E-state index contributed by atoms with van der Waals surface area (Å²) in [4.78, 5) is 28.8. The summed E-state index contributed by atoms with van der Waals surface area (Å²) in [6.45, 7) is 1.89. The number of hydrogen-bond acceptors (Lipinski definition) is 4. The molecule has 20 heavy (non-hydrogen) atoms. The molecule has 0 bridgehead atoms. The molecule has 100 valence electrons. The first kappa shape index (κ1) is 12.3. The van der Waals surface area contributed by atoms with Gasteiger partial charge in [-0.15, -0.1) is 0 Å². The van der Waals surface area contributed by atoms with Gasteiger partial charge in [-0.3, -0.25) is 9.20 Å². The second-order valence-corrected chi connectivity index (χ2v) is 4.54. The van der Waals surface area contributed by atoms with Crippen LogP contribution in [0.1, 0.15) is 15.9 Å². The summed E-state index contributed by atoms with van der Waals surface area (Å²) in [7, 11) is 1.29. The number of fused-ring (bicyclic) bond motifs is 2. The number of aromatic nitrogens is 2. The highest BCUT2D eigenvalue weighted by Crippen LogP contribution is 2.15. The maximum atomic E-state index is 12.6. The predicted octanol–water partition coefficient (Wildman–Crippen LogP) is 1.94. The molecule has 0 saturated heterocycles. The minimum atomic E-state index is -0.540. The highest BCUT2D eigenvalue weighted by Gasteiger charge is 2.15. The highest BCUT2D eigenvalue weighted by atomic mass is 16.5. The molecule has 0 atom stereocenters. The Morgan fingerprint density at radius 1 is 1.25 bits per heavy atom. The largest absolute Gasteiger partial charge is 0.465 e. The van der Waals surface area contributed by atoms with E-state index < -0.39 is 5.97 Å². The summed E-state index contributed by atoms with van der Waals surface area (Å²) in [6.07, 6.45) is 1.71. The molecule has 5 nitrogen and oxygen atoms in total. The fourth-order valence-electron chi connectivity index (χ4n) is 2.23. The van der Waals surface area contributed by atoms with Crippen molar-refractivity contribution >= 4 is 22.5 Å². The summed E-state index contributed by atoms with van der Waals surface area (Å²) in [5.41, 5.74) is 1.95. The molecule has 0 fully saturated rings. The average molecular weight is 268 g/mol. The fraction of sp³-hybridized carbons (Fsp3) is 0.133. The molecule has 0 radical (unpaired) electrons. The maximum absolute atomic E-state index is 12.6. The highest BCUT2D eigenvalue weighted by molar-refractivity contribution is 6.03. The SMILES string of the molecule is COC(=O)c1cccc2nc3ccc(C)cn3c(=O)c12. The van der Waals surface area contributed by atoms with Crippen LogP contribution in [0, 0.1) is 6.92 Å². The number of methoxy groups -OCH3 is 1. The van der Waals surface area contributed by atoms with Gasteiger partial charge in [0.15, 0.2) is 0 Å². The van der Waals surface area contributed by atoms with Crippen LogP contribution in [-0.2, 0) is 4.74 Å². The number of esters is 1. The first-order valence-corrected chi connectivity index (χ1v) is 6.12. The number of pyridine rings is 1. The zero-order valence-electron chi connectivity index (χ0n) is 11.1. The average Bonchev–Trinajstić information content (AvgIpc) is 2.47. The first-order valence-electron chi connectivity index (χ1n) is 6.12. The summed E-state index contributed by atoms with van der Waals surface area (Å²) in [5, 5.41) is 0.280. The summed E-state index contributed by atoms with van der Waals surface area (Å²) in [6, 6.07) is 8.63. The van der Waals surface area contributed by atoms with Gasteiger partial charge in [0.05, 0.1) is 23.6 Å². The van der Waals surface area contributed by atoms with Crippen molar-refractivity contribution in [1.29, 1.82) is 0 Å². The van der Waals surface area contributed by atoms with E-state index in [-0.39, 0.29) is 16.5 Å². The topological polar surface area (TPSA) is 60.7 Å². The maximum Gasteiger partial charge on any atom is 0.338 e. The Balaban J connectivity index is 2.52. The van der Waals surface area contributed by atoms with Crippen molar-refractivity contribution in [2.75, 3.05) is 7.11 Å². The van der Waals surface area contributed by atoms with Crippen molar-refractivity contribution in [3.63, 3.8) is 0 Å². The first-order chi connectivity index (χ1) is 9.61. The molecule has 0 N–H and O–H groups in total. The summed E-state index contributed by atoms with van der Waals surface area (Å²) < 4.78 is 6.17. The van der Waals surface area contributed by atoms with E-state index in [0.29, 0.717) is 11.2 Å². The molecule has 0 aliphatic heterocycles. The Kier molecular flexibility index (Phi) is 2.75. The number of hydrogen-bond donors (Lipinski definition) is 0. The minimum Gasteiger partial charge on any atom is -0.465 e. The van der Waals surface area contributed by atoms with Gasteiger partial charge in [-0.05, 0) is 30.7 Å². The fourth-order valence-corrected chi connectivity index (χ4v) is 2.23. The molecule has 0 spiro atoms. The minimum absolute atomic E-state index is 0.235. The van der Waals surface area contributed by atoms with Gasteiger partial charge in [0.25, 0.3) is 5.56 Å². The van der Waals surface area contributed by atoms with Crippen LogP contribution in [0.2, 0.25) is 0 Å². The van der Waals surface area contributed by atoms with Crippen LogP contribution in [0.25, 0.3) is 16.6 Å². The Hall–Kier alpha value is -2.69. The van der Waals surface area contributed by atoms with Crippen molar-refractivity contribution < 1.29 is 9.53 Å². The molecule has 0 amide bonds. The van der Waals surface area contributed by atoms with Crippen LogP contribution >= 0.6 is 0 Å². The zero-order chi connectivity index (χ0) is 14.3.